The van der Waals surface area contributed by atoms with Crippen molar-refractivity contribution in [2.45, 2.75) is 32.0 Å². The van der Waals surface area contributed by atoms with E-state index in [1.807, 2.05) is 30.3 Å². The van der Waals surface area contributed by atoms with Gasteiger partial charge in [-0.1, -0.05) is 42.5 Å². The van der Waals surface area contributed by atoms with E-state index in [2.05, 4.69) is 23.3 Å². The number of carbonyl (C=O) groups excluding carboxylic acids is 3. The quantitative estimate of drug-likeness (QED) is 0.469. The largest absolute Gasteiger partial charge is 0.508 e. The maximum Gasteiger partial charge on any atom is 0.408 e. The topological polar surface area (TPSA) is 105 Å². The third kappa shape index (κ3) is 7.50. The molecule has 0 aliphatic heterocycles. The molecule has 0 aliphatic carbocycles. The number of phenols is 1. The minimum absolute atomic E-state index is 0.00335. The van der Waals surface area contributed by atoms with Gasteiger partial charge in [0.2, 0.25) is 5.91 Å². The lowest BCUT2D eigenvalue weighted by Crippen LogP contribution is -2.52. The van der Waals surface area contributed by atoms with Crippen LogP contribution in [0.3, 0.4) is 0 Å². The molecule has 2 aromatic carbocycles. The van der Waals surface area contributed by atoms with Gasteiger partial charge in [-0.3, -0.25) is 9.59 Å². The van der Waals surface area contributed by atoms with Crippen molar-refractivity contribution in [1.29, 1.82) is 0 Å². The van der Waals surface area contributed by atoms with E-state index in [1.54, 1.807) is 19.1 Å². The fraction of sp³-hybridized carbons (Fsp3) is 0.286. The number of alkyl carbamates (subject to hydrolysis) is 1. The summed E-state index contributed by atoms with van der Waals surface area (Å²) in [6.07, 6.45) is -0.588. The number of benzene rings is 2. The predicted octanol–water partition coefficient (Wildman–Crippen LogP) is 2.23. The Morgan fingerprint density at radius 1 is 1.00 bits per heavy atom. The molecule has 7 nitrogen and oxygen atoms in total. The number of amides is 2. The van der Waals surface area contributed by atoms with E-state index in [9.17, 15) is 19.5 Å². The molecule has 8 heteroatoms. The zero-order valence-electron chi connectivity index (χ0n) is 16.0. The van der Waals surface area contributed by atoms with Gasteiger partial charge >= 0.3 is 6.09 Å². The van der Waals surface area contributed by atoms with Gasteiger partial charge in [0.15, 0.2) is 5.78 Å². The summed E-state index contributed by atoms with van der Waals surface area (Å²) < 4.78 is 5.19. The van der Waals surface area contributed by atoms with Gasteiger partial charge < -0.3 is 20.5 Å². The number of rotatable bonds is 9. The second-order valence-corrected chi connectivity index (χ2v) is 6.80. The number of thiol groups is 1. The average Bonchev–Trinajstić information content (AvgIpc) is 2.73. The Kier molecular flexibility index (Phi) is 8.54. The first-order valence-electron chi connectivity index (χ1n) is 9.08. The van der Waals surface area contributed by atoms with Crippen LogP contribution in [0.2, 0.25) is 0 Å². The summed E-state index contributed by atoms with van der Waals surface area (Å²) in [5.74, 6) is -0.663. The minimum atomic E-state index is -0.960. The van der Waals surface area contributed by atoms with Crippen LogP contribution in [0.15, 0.2) is 54.6 Å². The molecule has 3 N–H and O–H groups in total. The van der Waals surface area contributed by atoms with Gasteiger partial charge in [-0.15, -0.1) is 0 Å². The number of ether oxygens (including phenoxy) is 1. The first-order valence-corrected chi connectivity index (χ1v) is 9.71. The Bertz CT molecular complexity index is 827. The highest BCUT2D eigenvalue weighted by Crippen LogP contribution is 2.12. The number of phenolic OH excluding ortho intramolecular Hbond substituents is 1. The van der Waals surface area contributed by atoms with Crippen LogP contribution in [-0.4, -0.2) is 40.7 Å². The number of Topliss-reactive ketones (excluding diaryl/α,β-unsaturated/α-hetero) is 1. The summed E-state index contributed by atoms with van der Waals surface area (Å²) in [4.78, 5) is 36.6. The molecule has 0 spiro atoms. The standard InChI is InChI=1S/C21H24N2O5S/c1-14(19(25)13-29)22-20(26)18(11-15-7-9-17(24)10-8-15)23-21(27)28-12-16-5-3-2-4-6-16/h2-10,14,18,24,29H,11-13H2,1H3,(H,22,26)(H,23,27)/t14?,18-/m0/s1. The van der Waals surface area contributed by atoms with Crippen molar-refractivity contribution in [2.75, 3.05) is 5.75 Å². The number of carbonyl (C=O) groups is 3. The second-order valence-electron chi connectivity index (χ2n) is 6.48. The van der Waals surface area contributed by atoms with Crippen LogP contribution in [0.4, 0.5) is 4.79 Å². The number of nitrogens with one attached hydrogen (secondary N) is 2. The number of aromatic hydroxyl groups is 1. The SMILES string of the molecule is CC(NC(=O)[C@H](Cc1ccc(O)cc1)NC(=O)OCc1ccccc1)C(=O)CS. The van der Waals surface area contributed by atoms with Gasteiger partial charge in [0.05, 0.1) is 11.8 Å². The Morgan fingerprint density at radius 3 is 2.28 bits per heavy atom. The summed E-state index contributed by atoms with van der Waals surface area (Å²) in [6.45, 7) is 1.62. The molecule has 0 radical (unpaired) electrons. The van der Waals surface area contributed by atoms with Crippen LogP contribution in [0, 0.1) is 0 Å². The summed E-state index contributed by atoms with van der Waals surface area (Å²) in [6, 6.07) is 13.7. The Morgan fingerprint density at radius 2 is 1.66 bits per heavy atom. The number of hydrogen-bond acceptors (Lipinski definition) is 6. The Hall–Kier alpha value is -3.00. The first-order chi connectivity index (χ1) is 13.9. The fourth-order valence-electron chi connectivity index (χ4n) is 2.52. The van der Waals surface area contributed by atoms with Gasteiger partial charge in [0, 0.05) is 6.42 Å². The maximum absolute atomic E-state index is 12.6. The maximum atomic E-state index is 12.6. The van der Waals surface area contributed by atoms with E-state index >= 15 is 0 Å². The van der Waals surface area contributed by atoms with E-state index in [0.717, 1.165) is 11.1 Å². The molecule has 2 rings (SSSR count). The van der Waals surface area contributed by atoms with Gasteiger partial charge in [0.1, 0.15) is 18.4 Å². The summed E-state index contributed by atoms with van der Waals surface area (Å²) in [7, 11) is 0. The molecule has 2 atom stereocenters. The molecule has 2 aromatic rings. The van der Waals surface area contributed by atoms with Crippen LogP contribution < -0.4 is 10.6 Å². The van der Waals surface area contributed by atoms with Gasteiger partial charge in [-0.25, -0.2) is 4.79 Å². The number of ketones is 1. The average molecular weight is 416 g/mol. The zero-order valence-corrected chi connectivity index (χ0v) is 16.9. The van der Waals surface area contributed by atoms with E-state index in [1.165, 1.54) is 12.1 Å². The van der Waals surface area contributed by atoms with Crippen molar-refractivity contribution in [3.63, 3.8) is 0 Å². The van der Waals surface area contributed by atoms with Crippen LogP contribution in [0.1, 0.15) is 18.1 Å². The molecular formula is C21H24N2O5S. The molecule has 0 fully saturated rings. The molecule has 1 unspecified atom stereocenters. The van der Waals surface area contributed by atoms with Crippen molar-refractivity contribution in [2.24, 2.45) is 0 Å². The minimum Gasteiger partial charge on any atom is -0.508 e. The molecule has 0 saturated carbocycles. The predicted molar refractivity (Wildman–Crippen MR) is 112 cm³/mol. The molecule has 0 bridgehead atoms. The van der Waals surface area contributed by atoms with Gasteiger partial charge in [-0.05, 0) is 30.2 Å². The highest BCUT2D eigenvalue weighted by molar-refractivity contribution is 7.81. The van der Waals surface area contributed by atoms with Crippen molar-refractivity contribution in [1.82, 2.24) is 10.6 Å². The third-order valence-electron chi connectivity index (χ3n) is 4.20. The van der Waals surface area contributed by atoms with E-state index in [4.69, 9.17) is 4.74 Å². The summed E-state index contributed by atoms with van der Waals surface area (Å²) >= 11 is 3.92. The molecule has 154 valence electrons. The Labute approximate surface area is 174 Å². The molecule has 2 amide bonds. The van der Waals surface area contributed by atoms with Crippen molar-refractivity contribution < 1.29 is 24.2 Å². The molecule has 0 aromatic heterocycles. The lowest BCUT2D eigenvalue weighted by atomic mass is 10.0. The smallest absolute Gasteiger partial charge is 0.408 e. The van der Waals surface area contributed by atoms with Crippen LogP contribution in [0.25, 0.3) is 0 Å². The van der Waals surface area contributed by atoms with Crippen LogP contribution >= 0.6 is 12.6 Å². The highest BCUT2D eigenvalue weighted by atomic mass is 32.1. The fourth-order valence-corrected chi connectivity index (χ4v) is 2.79. The molecule has 0 aliphatic rings. The van der Waals surface area contributed by atoms with E-state index in [-0.39, 0.29) is 30.3 Å². The van der Waals surface area contributed by atoms with Gasteiger partial charge in [0.25, 0.3) is 0 Å². The molecule has 29 heavy (non-hydrogen) atoms. The monoisotopic (exact) mass is 416 g/mol. The molecule has 0 heterocycles. The Balaban J connectivity index is 2.04. The molecular weight excluding hydrogens is 392 g/mol. The van der Waals surface area contributed by atoms with Crippen molar-refractivity contribution in [3.05, 3.63) is 65.7 Å². The van der Waals surface area contributed by atoms with Gasteiger partial charge in [-0.2, -0.15) is 12.6 Å². The normalized spacial score (nSPS) is 12.5. The zero-order chi connectivity index (χ0) is 21.2. The lowest BCUT2D eigenvalue weighted by molar-refractivity contribution is -0.127. The lowest BCUT2D eigenvalue weighted by Gasteiger charge is -2.21. The summed E-state index contributed by atoms with van der Waals surface area (Å²) in [5.41, 5.74) is 1.54. The molecule has 0 saturated heterocycles. The number of hydrogen-bond donors (Lipinski definition) is 4. The van der Waals surface area contributed by atoms with Crippen LogP contribution in [0.5, 0.6) is 5.75 Å². The first kappa shape index (κ1) is 22.3. The van der Waals surface area contributed by atoms with E-state index in [0.29, 0.717) is 0 Å². The summed E-state index contributed by atoms with van der Waals surface area (Å²) in [5, 5.41) is 14.5. The van der Waals surface area contributed by atoms with E-state index < -0.39 is 24.1 Å². The highest BCUT2D eigenvalue weighted by Gasteiger charge is 2.25. The third-order valence-corrected chi connectivity index (χ3v) is 4.51. The van der Waals surface area contributed by atoms with Crippen LogP contribution in [-0.2, 0) is 27.4 Å². The van der Waals surface area contributed by atoms with Crippen molar-refractivity contribution >= 4 is 30.4 Å². The van der Waals surface area contributed by atoms with Crippen molar-refractivity contribution in [3.8, 4) is 5.75 Å². The second kappa shape index (κ2) is 11.1.